The van der Waals surface area contributed by atoms with Gasteiger partial charge in [-0.2, -0.15) is 0 Å². The average molecular weight is 250 g/mol. The molecule has 3 aromatic carbocycles. The van der Waals surface area contributed by atoms with Crippen molar-refractivity contribution in [3.63, 3.8) is 0 Å². The van der Waals surface area contributed by atoms with E-state index >= 15 is 0 Å². The lowest BCUT2D eigenvalue weighted by Crippen LogP contribution is -2.42. The Hall–Kier alpha value is -2.13. The summed E-state index contributed by atoms with van der Waals surface area (Å²) in [7, 11) is 0. The molecule has 0 atom stereocenters. The Kier molecular flexibility index (Phi) is 3.06. The van der Waals surface area contributed by atoms with E-state index in [-0.39, 0.29) is 5.82 Å². The van der Waals surface area contributed by atoms with E-state index in [1.54, 1.807) is 12.1 Å². The molecular formula is C16H12BFO. The summed E-state index contributed by atoms with van der Waals surface area (Å²) in [5.41, 5.74) is 1.53. The maximum atomic E-state index is 12.9. The van der Waals surface area contributed by atoms with E-state index in [9.17, 15) is 9.41 Å². The number of fused-ring (bicyclic) bond motifs is 1. The van der Waals surface area contributed by atoms with Gasteiger partial charge in [0.05, 0.1) is 0 Å². The molecule has 3 heteroatoms. The zero-order chi connectivity index (χ0) is 13.2. The van der Waals surface area contributed by atoms with Crippen molar-refractivity contribution in [2.75, 3.05) is 0 Å². The van der Waals surface area contributed by atoms with Crippen molar-refractivity contribution in [1.29, 1.82) is 0 Å². The summed E-state index contributed by atoms with van der Waals surface area (Å²) in [5.74, 6) is -0.297. The number of halogens is 1. The third-order valence-electron chi connectivity index (χ3n) is 3.30. The summed E-state index contributed by atoms with van der Waals surface area (Å²) in [4.78, 5) is 0. The van der Waals surface area contributed by atoms with Crippen LogP contribution in [0.3, 0.4) is 0 Å². The third-order valence-corrected chi connectivity index (χ3v) is 3.30. The molecule has 92 valence electrons. The SMILES string of the molecule is OB(c1ccc(F)cc1)c1cccc2ccccc12. The molecule has 0 saturated carbocycles. The molecule has 0 radical (unpaired) electrons. The second-order valence-corrected chi connectivity index (χ2v) is 4.52. The molecule has 0 heterocycles. The van der Waals surface area contributed by atoms with Gasteiger partial charge in [0, 0.05) is 0 Å². The summed E-state index contributed by atoms with van der Waals surface area (Å²) in [5, 5.41) is 12.6. The Morgan fingerprint density at radius 2 is 1.47 bits per heavy atom. The summed E-state index contributed by atoms with van der Waals surface area (Å²) < 4.78 is 12.9. The molecule has 0 aliphatic carbocycles. The van der Waals surface area contributed by atoms with Crippen LogP contribution in [0.25, 0.3) is 10.8 Å². The molecule has 0 saturated heterocycles. The molecule has 1 N–H and O–H groups in total. The Morgan fingerprint density at radius 3 is 2.26 bits per heavy atom. The van der Waals surface area contributed by atoms with Crippen molar-refractivity contribution in [2.45, 2.75) is 0 Å². The van der Waals surface area contributed by atoms with Crippen molar-refractivity contribution in [3.8, 4) is 0 Å². The van der Waals surface area contributed by atoms with Gasteiger partial charge in [-0.15, -0.1) is 0 Å². The minimum Gasteiger partial charge on any atom is -0.443 e. The highest BCUT2D eigenvalue weighted by molar-refractivity contribution is 6.80. The number of hydrogen-bond donors (Lipinski definition) is 1. The highest BCUT2D eigenvalue weighted by Gasteiger charge is 2.18. The Balaban J connectivity index is 2.11. The minimum atomic E-state index is -0.744. The number of benzene rings is 3. The van der Waals surface area contributed by atoms with E-state index in [1.807, 2.05) is 42.5 Å². The zero-order valence-corrected chi connectivity index (χ0v) is 10.3. The summed E-state index contributed by atoms with van der Waals surface area (Å²) in [6, 6.07) is 19.7. The quantitative estimate of drug-likeness (QED) is 0.690. The molecule has 19 heavy (non-hydrogen) atoms. The van der Waals surface area contributed by atoms with Crippen molar-refractivity contribution in [1.82, 2.24) is 0 Å². The summed E-state index contributed by atoms with van der Waals surface area (Å²) in [6.07, 6.45) is 0. The highest BCUT2D eigenvalue weighted by Crippen LogP contribution is 2.11. The van der Waals surface area contributed by atoms with Gasteiger partial charge in [-0.25, -0.2) is 4.39 Å². The van der Waals surface area contributed by atoms with Crippen LogP contribution < -0.4 is 10.9 Å². The molecular weight excluding hydrogens is 238 g/mol. The van der Waals surface area contributed by atoms with Gasteiger partial charge < -0.3 is 5.02 Å². The zero-order valence-electron chi connectivity index (χ0n) is 10.3. The van der Waals surface area contributed by atoms with Crippen LogP contribution in [0.4, 0.5) is 4.39 Å². The summed E-state index contributed by atoms with van der Waals surface area (Å²) in [6.45, 7) is -0.744. The first-order chi connectivity index (χ1) is 9.25. The van der Waals surface area contributed by atoms with Gasteiger partial charge in [-0.3, -0.25) is 0 Å². The smallest absolute Gasteiger partial charge is 0.359 e. The van der Waals surface area contributed by atoms with Crippen LogP contribution in [0.1, 0.15) is 0 Å². The molecule has 0 bridgehead atoms. The molecule has 3 rings (SSSR count). The number of hydrogen-bond acceptors (Lipinski definition) is 1. The highest BCUT2D eigenvalue weighted by atomic mass is 19.1. The second-order valence-electron chi connectivity index (χ2n) is 4.52. The topological polar surface area (TPSA) is 20.2 Å². The maximum absolute atomic E-state index is 12.9. The lowest BCUT2D eigenvalue weighted by Gasteiger charge is -2.10. The fourth-order valence-electron chi connectivity index (χ4n) is 2.31. The number of rotatable bonds is 2. The monoisotopic (exact) mass is 250 g/mol. The normalized spacial score (nSPS) is 10.6. The van der Waals surface area contributed by atoms with Gasteiger partial charge in [0.2, 0.25) is 0 Å². The molecule has 3 aromatic rings. The van der Waals surface area contributed by atoms with Crippen molar-refractivity contribution < 1.29 is 9.41 Å². The first-order valence-electron chi connectivity index (χ1n) is 6.17. The van der Waals surface area contributed by atoms with Gasteiger partial charge in [-0.1, -0.05) is 54.6 Å². The summed E-state index contributed by atoms with van der Waals surface area (Å²) >= 11 is 0. The van der Waals surface area contributed by atoms with Gasteiger partial charge >= 0.3 is 6.92 Å². The lowest BCUT2D eigenvalue weighted by molar-refractivity contribution is 0.600. The predicted octanol–water partition coefficient (Wildman–Crippen LogP) is 2.08. The molecule has 0 amide bonds. The predicted molar refractivity (Wildman–Crippen MR) is 77.6 cm³/mol. The van der Waals surface area contributed by atoms with Crippen LogP contribution in [0.15, 0.2) is 66.7 Å². The average Bonchev–Trinajstić information content (AvgIpc) is 2.47. The molecule has 0 unspecified atom stereocenters. The molecule has 1 nitrogen and oxygen atoms in total. The minimum absolute atomic E-state index is 0.297. The van der Waals surface area contributed by atoms with Crippen molar-refractivity contribution in [2.24, 2.45) is 0 Å². The van der Waals surface area contributed by atoms with E-state index < -0.39 is 6.92 Å². The van der Waals surface area contributed by atoms with E-state index in [1.165, 1.54) is 12.1 Å². The standard InChI is InChI=1S/C16H12BFO/c18-14-10-8-13(9-11-14)17(19)16-7-3-5-12-4-1-2-6-15(12)16/h1-11,19H. The maximum Gasteiger partial charge on any atom is 0.359 e. The molecule has 0 aliphatic rings. The Labute approximate surface area is 111 Å². The van der Waals surface area contributed by atoms with Crippen LogP contribution in [0.2, 0.25) is 0 Å². The van der Waals surface area contributed by atoms with Crippen LogP contribution >= 0.6 is 0 Å². The first kappa shape index (κ1) is 11.9. The van der Waals surface area contributed by atoms with Crippen molar-refractivity contribution in [3.05, 3.63) is 72.5 Å². The van der Waals surface area contributed by atoms with Gasteiger partial charge in [0.1, 0.15) is 5.82 Å². The van der Waals surface area contributed by atoms with E-state index in [4.69, 9.17) is 0 Å². The first-order valence-corrected chi connectivity index (χ1v) is 6.17. The second kappa shape index (κ2) is 4.86. The fourth-order valence-corrected chi connectivity index (χ4v) is 2.31. The fraction of sp³-hybridized carbons (Fsp3) is 0. The molecule has 0 aliphatic heterocycles. The van der Waals surface area contributed by atoms with Crippen molar-refractivity contribution >= 4 is 28.6 Å². The third kappa shape index (κ3) is 2.25. The molecule has 0 spiro atoms. The van der Waals surface area contributed by atoms with Crippen LogP contribution in [0, 0.1) is 5.82 Å². The Bertz CT molecular complexity index is 704. The molecule has 0 aromatic heterocycles. The molecule has 0 fully saturated rings. The van der Waals surface area contributed by atoms with E-state index in [0.717, 1.165) is 16.2 Å². The largest absolute Gasteiger partial charge is 0.443 e. The van der Waals surface area contributed by atoms with Gasteiger partial charge in [0.15, 0.2) is 0 Å². The van der Waals surface area contributed by atoms with Gasteiger partial charge in [0.25, 0.3) is 0 Å². The lowest BCUT2D eigenvalue weighted by atomic mass is 9.55. The Morgan fingerprint density at radius 1 is 0.789 bits per heavy atom. The van der Waals surface area contributed by atoms with E-state index in [0.29, 0.717) is 5.46 Å². The van der Waals surface area contributed by atoms with Crippen LogP contribution in [-0.4, -0.2) is 11.9 Å². The van der Waals surface area contributed by atoms with Crippen LogP contribution in [-0.2, 0) is 0 Å². The van der Waals surface area contributed by atoms with E-state index in [2.05, 4.69) is 0 Å². The van der Waals surface area contributed by atoms with Crippen LogP contribution in [0.5, 0.6) is 0 Å². The van der Waals surface area contributed by atoms with Gasteiger partial charge in [-0.05, 0) is 33.8 Å².